The quantitative estimate of drug-likeness (QED) is 0.141. The van der Waals surface area contributed by atoms with Gasteiger partial charge in [-0.2, -0.15) is 8.42 Å². The van der Waals surface area contributed by atoms with E-state index in [1.165, 1.54) is 4.90 Å². The van der Waals surface area contributed by atoms with Crippen molar-refractivity contribution in [1.29, 1.82) is 0 Å². The highest BCUT2D eigenvalue weighted by atomic mass is 79.9. The van der Waals surface area contributed by atoms with Crippen molar-refractivity contribution in [1.82, 2.24) is 14.7 Å². The zero-order valence-corrected chi connectivity index (χ0v) is 34.7. The summed E-state index contributed by atoms with van der Waals surface area (Å²) in [5, 5.41) is 9.71. The van der Waals surface area contributed by atoms with E-state index in [0.717, 1.165) is 31.1 Å². The second kappa shape index (κ2) is 16.6. The first-order chi connectivity index (χ1) is 27.6. The number of nitrogens with zero attached hydrogens (tertiary/aromatic N) is 4. The van der Waals surface area contributed by atoms with Crippen LogP contribution in [0.25, 0.3) is 0 Å². The third-order valence-electron chi connectivity index (χ3n) is 9.97. The predicted molar refractivity (Wildman–Crippen MR) is 219 cm³/mol. The number of hydrogen-bond donors (Lipinski definition) is 2. The van der Waals surface area contributed by atoms with Gasteiger partial charge in [0.05, 0.1) is 35.5 Å². The first-order valence-electron chi connectivity index (χ1n) is 18.0. The van der Waals surface area contributed by atoms with Crippen molar-refractivity contribution < 1.29 is 50.4 Å². The van der Waals surface area contributed by atoms with E-state index in [1.54, 1.807) is 6.08 Å². The number of hydrogen-bond acceptors (Lipinski definition) is 12. The summed E-state index contributed by atoms with van der Waals surface area (Å²) in [4.78, 5) is 46.2. The summed E-state index contributed by atoms with van der Waals surface area (Å²) in [5.41, 5.74) is 3.40. The Hall–Kier alpha value is -5.08. The van der Waals surface area contributed by atoms with Crippen LogP contribution in [-0.4, -0.2) is 107 Å². The maximum atomic E-state index is 14.7. The number of rotatable bonds is 13. The van der Waals surface area contributed by atoms with Crippen LogP contribution in [-0.2, 0) is 52.0 Å². The van der Waals surface area contributed by atoms with Gasteiger partial charge in [-0.15, -0.1) is 0 Å². The van der Waals surface area contributed by atoms with Crippen molar-refractivity contribution in [3.8, 4) is 5.75 Å². The molecule has 2 unspecified atom stereocenters. The number of carboxylic acids is 1. The molecule has 0 radical (unpaired) electrons. The lowest BCUT2D eigenvalue weighted by atomic mass is 9.97. The highest BCUT2D eigenvalue weighted by molar-refractivity contribution is 9.10. The molecule has 19 heteroatoms. The molecular formula is C39H37BrN4O11S3. The molecule has 3 saturated heterocycles. The van der Waals surface area contributed by atoms with Crippen LogP contribution in [0.1, 0.15) is 24.0 Å². The number of anilines is 1. The Labute approximate surface area is 348 Å². The summed E-state index contributed by atoms with van der Waals surface area (Å²) in [6.07, 6.45) is 3.85. The van der Waals surface area contributed by atoms with Gasteiger partial charge >= 0.3 is 11.9 Å². The summed E-state index contributed by atoms with van der Waals surface area (Å²) in [7, 11) is -8.14. The SMILES string of the molecule is O=C(O)CN1/C(=C2/OC(=S)N(CCS(=O)(=O)O)C2=O)N(C2CCS(=O)(=O)C2)C(=O)C1CC(=CC=C1Oc2ccc(Br)cc2N1Cc1ccccc1)Cc1ccccc1. The van der Waals surface area contributed by atoms with Crippen molar-refractivity contribution in [3.05, 3.63) is 130 Å². The molecule has 4 heterocycles. The van der Waals surface area contributed by atoms with Crippen molar-refractivity contribution in [2.75, 3.05) is 35.2 Å². The number of fused-ring (bicyclic) bond motifs is 1. The Morgan fingerprint density at radius 1 is 0.983 bits per heavy atom. The van der Waals surface area contributed by atoms with Crippen LogP contribution in [0.5, 0.6) is 5.75 Å². The first kappa shape index (κ1) is 41.1. The van der Waals surface area contributed by atoms with Gasteiger partial charge in [0.2, 0.25) is 11.6 Å². The Balaban J connectivity index is 1.31. The van der Waals surface area contributed by atoms with Gasteiger partial charge in [-0.05, 0) is 66.9 Å². The molecule has 304 valence electrons. The molecule has 3 aromatic rings. The summed E-state index contributed by atoms with van der Waals surface area (Å²) in [6, 6.07) is 22.7. The number of allylic oxidation sites excluding steroid dienone is 2. The molecule has 7 rings (SSSR count). The second-order valence-electron chi connectivity index (χ2n) is 14.0. The minimum absolute atomic E-state index is 0.00760. The molecule has 15 nitrogen and oxygen atoms in total. The highest BCUT2D eigenvalue weighted by Gasteiger charge is 2.53. The maximum absolute atomic E-state index is 14.7. The molecule has 0 spiro atoms. The molecule has 2 amide bonds. The van der Waals surface area contributed by atoms with Crippen LogP contribution in [0.15, 0.2) is 119 Å². The third kappa shape index (κ3) is 9.13. The van der Waals surface area contributed by atoms with E-state index < -0.39 is 85.4 Å². The van der Waals surface area contributed by atoms with E-state index in [9.17, 15) is 40.9 Å². The minimum Gasteiger partial charge on any atom is -0.480 e. The van der Waals surface area contributed by atoms with Gasteiger partial charge in [-0.25, -0.2) is 8.42 Å². The topological polar surface area (TPSA) is 191 Å². The van der Waals surface area contributed by atoms with Gasteiger partial charge < -0.3 is 24.4 Å². The zero-order valence-electron chi connectivity index (χ0n) is 30.6. The standard InChI is InChI=1S/C39H37BrN4O11S3/c40-28-12-13-32-30(21-28)42(22-26-9-5-2-6-10-26)33(54-32)14-11-27(19-25-7-3-1-4-8-25)20-31-37(47)44(29-15-17-57(49,50)24-29)36(43(31)23-34(45)46)35-38(48)41(39(56)55-35)16-18-58(51,52)53/h1-14,21,29,31H,15-20,22-24H2,(H,45,46)(H,51,52,53)/b27-11?,33-14?,36-35-. The van der Waals surface area contributed by atoms with Crippen LogP contribution in [0, 0.1) is 0 Å². The lowest BCUT2D eigenvalue weighted by Crippen LogP contribution is -2.39. The van der Waals surface area contributed by atoms with Gasteiger partial charge in [0.25, 0.3) is 21.2 Å². The van der Waals surface area contributed by atoms with E-state index in [-0.39, 0.29) is 24.4 Å². The van der Waals surface area contributed by atoms with E-state index in [1.807, 2.05) is 89.8 Å². The van der Waals surface area contributed by atoms with Crippen LogP contribution in [0.4, 0.5) is 5.69 Å². The van der Waals surface area contributed by atoms with Gasteiger partial charge in [-0.3, -0.25) is 28.7 Å². The molecule has 3 aromatic carbocycles. The number of amides is 2. The molecule has 0 saturated carbocycles. The fraction of sp³-hybridized carbons (Fsp3) is 0.282. The minimum atomic E-state index is -4.53. The zero-order chi connectivity index (χ0) is 41.4. The number of benzene rings is 3. The molecule has 0 bridgehead atoms. The number of carbonyl (C=O) groups is 3. The summed E-state index contributed by atoms with van der Waals surface area (Å²) in [5.74, 6) is -4.29. The molecule has 58 heavy (non-hydrogen) atoms. The fourth-order valence-electron chi connectivity index (χ4n) is 7.34. The number of carbonyl (C=O) groups excluding carboxylic acids is 2. The maximum Gasteiger partial charge on any atom is 0.323 e. The molecule has 0 aliphatic carbocycles. The van der Waals surface area contributed by atoms with Crippen LogP contribution in [0.2, 0.25) is 0 Å². The second-order valence-corrected chi connectivity index (χ2v) is 19.1. The number of aliphatic carboxylic acids is 1. The smallest absolute Gasteiger partial charge is 0.323 e. The average Bonchev–Trinajstić information content (AvgIpc) is 3.86. The van der Waals surface area contributed by atoms with E-state index in [0.29, 0.717) is 30.2 Å². The third-order valence-corrected chi connectivity index (χ3v) is 13.2. The molecular weight excluding hydrogens is 877 g/mol. The number of thiocarbonyl (C=S) groups is 1. The van der Waals surface area contributed by atoms with Crippen LogP contribution >= 0.6 is 28.1 Å². The van der Waals surface area contributed by atoms with Crippen molar-refractivity contribution in [2.24, 2.45) is 0 Å². The molecule has 3 fully saturated rings. The van der Waals surface area contributed by atoms with Crippen molar-refractivity contribution in [2.45, 2.75) is 37.9 Å². The molecule has 2 N–H and O–H groups in total. The Bertz CT molecular complexity index is 2480. The van der Waals surface area contributed by atoms with Crippen molar-refractivity contribution in [3.63, 3.8) is 0 Å². The monoisotopic (exact) mass is 912 g/mol. The summed E-state index contributed by atoms with van der Waals surface area (Å²) < 4.78 is 70.8. The first-order valence-corrected chi connectivity index (χ1v) is 22.7. The summed E-state index contributed by atoms with van der Waals surface area (Å²) >= 11 is 8.79. The van der Waals surface area contributed by atoms with Crippen LogP contribution in [0.3, 0.4) is 0 Å². The van der Waals surface area contributed by atoms with Gasteiger partial charge in [0.15, 0.2) is 21.4 Å². The fourth-order valence-corrected chi connectivity index (χ4v) is 10.1. The Morgan fingerprint density at radius 3 is 2.31 bits per heavy atom. The predicted octanol–water partition coefficient (Wildman–Crippen LogP) is 4.23. The summed E-state index contributed by atoms with van der Waals surface area (Å²) in [6.45, 7) is -0.916. The Morgan fingerprint density at radius 2 is 1.67 bits per heavy atom. The van der Waals surface area contributed by atoms with E-state index in [2.05, 4.69) is 15.9 Å². The van der Waals surface area contributed by atoms with Crippen molar-refractivity contribution >= 4 is 76.7 Å². The molecule has 0 aromatic heterocycles. The molecule has 2 atom stereocenters. The average molecular weight is 914 g/mol. The molecule has 4 aliphatic heterocycles. The van der Waals surface area contributed by atoms with E-state index in [4.69, 9.17) is 21.7 Å². The number of sulfone groups is 1. The number of carboxylic acid groups (broad SMARTS) is 1. The lowest BCUT2D eigenvalue weighted by molar-refractivity contribution is -0.138. The van der Waals surface area contributed by atoms with Gasteiger partial charge in [0.1, 0.15) is 12.6 Å². The largest absolute Gasteiger partial charge is 0.480 e. The Kier molecular flexibility index (Phi) is 11.8. The van der Waals surface area contributed by atoms with E-state index >= 15 is 0 Å². The lowest BCUT2D eigenvalue weighted by Gasteiger charge is -2.27. The number of halogens is 1. The van der Waals surface area contributed by atoms with Gasteiger partial charge in [-0.1, -0.05) is 88.2 Å². The normalized spacial score (nSPS) is 22.6. The number of ether oxygens (including phenoxy) is 2. The van der Waals surface area contributed by atoms with Gasteiger partial charge in [0, 0.05) is 11.0 Å². The molecule has 4 aliphatic rings. The van der Waals surface area contributed by atoms with Crippen LogP contribution < -0.4 is 9.64 Å². The highest BCUT2D eigenvalue weighted by Crippen LogP contribution is 2.42.